The molecule has 0 aliphatic rings. The van der Waals surface area contributed by atoms with Gasteiger partial charge in [0, 0.05) is 0 Å². The van der Waals surface area contributed by atoms with E-state index in [-0.39, 0.29) is 23.0 Å². The predicted octanol–water partition coefficient (Wildman–Crippen LogP) is -0.699. The van der Waals surface area contributed by atoms with Gasteiger partial charge < -0.3 is 10.8 Å². The Morgan fingerprint density at radius 3 is 2.55 bits per heavy atom. The van der Waals surface area contributed by atoms with Crippen LogP contribution in [0.3, 0.4) is 0 Å². The number of rotatable bonds is 0. The minimum atomic E-state index is -0.367. The highest BCUT2D eigenvalue weighted by molar-refractivity contribution is 5.66. The molecule has 11 heavy (non-hydrogen) atoms. The minimum Gasteiger partial charge on any atom is -0.491 e. The molecule has 0 aliphatic carbocycles. The molecule has 56 valence electrons. The Bertz CT molecular complexity index is 360. The SMILES string of the molecule is Nc1nc2nonc2nc1O. The lowest BCUT2D eigenvalue weighted by Gasteiger charge is -1.91. The van der Waals surface area contributed by atoms with Gasteiger partial charge in [0.25, 0.3) is 5.88 Å². The maximum absolute atomic E-state index is 8.93. The lowest BCUT2D eigenvalue weighted by molar-refractivity contribution is 0.314. The third-order valence-corrected chi connectivity index (χ3v) is 1.12. The number of fused-ring (bicyclic) bond motifs is 1. The third-order valence-electron chi connectivity index (χ3n) is 1.12. The average Bonchev–Trinajstić information content (AvgIpc) is 2.36. The van der Waals surface area contributed by atoms with Gasteiger partial charge in [-0.2, -0.15) is 9.97 Å². The highest BCUT2D eigenvalue weighted by Crippen LogP contribution is 2.15. The Morgan fingerprint density at radius 2 is 1.82 bits per heavy atom. The van der Waals surface area contributed by atoms with E-state index in [1.165, 1.54) is 0 Å². The smallest absolute Gasteiger partial charge is 0.257 e. The molecule has 0 bridgehead atoms. The van der Waals surface area contributed by atoms with Crippen molar-refractivity contribution < 1.29 is 9.74 Å². The number of nitrogens with two attached hydrogens (primary N) is 1. The second-order valence-corrected chi connectivity index (χ2v) is 1.84. The van der Waals surface area contributed by atoms with E-state index in [1.54, 1.807) is 0 Å². The molecule has 3 N–H and O–H groups in total. The summed E-state index contributed by atoms with van der Waals surface area (Å²) in [6, 6.07) is 0. The van der Waals surface area contributed by atoms with Crippen molar-refractivity contribution in [1.82, 2.24) is 20.3 Å². The van der Waals surface area contributed by atoms with E-state index >= 15 is 0 Å². The van der Waals surface area contributed by atoms with Crippen LogP contribution in [0.25, 0.3) is 11.3 Å². The van der Waals surface area contributed by atoms with Crippen LogP contribution in [0, 0.1) is 0 Å². The summed E-state index contributed by atoms with van der Waals surface area (Å²) in [5, 5.41) is 15.6. The van der Waals surface area contributed by atoms with Crippen LogP contribution >= 0.6 is 0 Å². The number of nitrogens with zero attached hydrogens (tertiary/aromatic N) is 4. The Morgan fingerprint density at radius 1 is 1.18 bits per heavy atom. The van der Waals surface area contributed by atoms with Gasteiger partial charge in [0.2, 0.25) is 11.3 Å². The van der Waals surface area contributed by atoms with Crippen molar-refractivity contribution >= 4 is 17.1 Å². The van der Waals surface area contributed by atoms with E-state index < -0.39 is 0 Å². The van der Waals surface area contributed by atoms with E-state index in [0.717, 1.165) is 0 Å². The van der Waals surface area contributed by atoms with Crippen molar-refractivity contribution in [2.45, 2.75) is 0 Å². The normalized spacial score (nSPS) is 10.5. The van der Waals surface area contributed by atoms with Crippen LogP contribution in [0.2, 0.25) is 0 Å². The third kappa shape index (κ3) is 0.741. The lowest BCUT2D eigenvalue weighted by Crippen LogP contribution is -1.93. The molecule has 0 saturated carbocycles. The Balaban J connectivity index is 2.86. The first-order chi connectivity index (χ1) is 5.27. The Labute approximate surface area is 59.8 Å². The largest absolute Gasteiger partial charge is 0.491 e. The number of aromatic hydroxyl groups is 1. The van der Waals surface area contributed by atoms with Gasteiger partial charge >= 0.3 is 0 Å². The lowest BCUT2D eigenvalue weighted by atomic mass is 10.6. The van der Waals surface area contributed by atoms with Crippen LogP contribution in [0.15, 0.2) is 4.63 Å². The highest BCUT2D eigenvalue weighted by atomic mass is 16.6. The summed E-state index contributed by atoms with van der Waals surface area (Å²) >= 11 is 0. The van der Waals surface area contributed by atoms with Gasteiger partial charge in [-0.25, -0.2) is 4.63 Å². The summed E-state index contributed by atoms with van der Waals surface area (Å²) in [4.78, 5) is 7.17. The molecule has 0 amide bonds. The number of anilines is 1. The molecule has 0 fully saturated rings. The van der Waals surface area contributed by atoms with Crippen molar-refractivity contribution in [3.8, 4) is 5.88 Å². The molecule has 2 aromatic rings. The van der Waals surface area contributed by atoms with Crippen LogP contribution in [0.5, 0.6) is 5.88 Å². The molecular formula is C4H3N5O2. The van der Waals surface area contributed by atoms with Gasteiger partial charge in [0.15, 0.2) is 5.82 Å². The minimum absolute atomic E-state index is 0.0896. The standard InChI is InChI=1S/C4H3N5O2/c5-1-4(10)7-3-2(6-1)8-11-9-3/h(H2,5,6,8)(H,7,9,10). The van der Waals surface area contributed by atoms with Crippen molar-refractivity contribution in [2.24, 2.45) is 0 Å². The summed E-state index contributed by atoms with van der Waals surface area (Å²) < 4.78 is 4.28. The highest BCUT2D eigenvalue weighted by Gasteiger charge is 2.07. The van der Waals surface area contributed by atoms with E-state index in [9.17, 15) is 0 Å². The van der Waals surface area contributed by atoms with Crippen LogP contribution in [0.4, 0.5) is 5.82 Å². The zero-order chi connectivity index (χ0) is 7.84. The molecule has 0 aliphatic heterocycles. The Hall–Kier alpha value is -1.92. The first-order valence-electron chi connectivity index (χ1n) is 2.72. The van der Waals surface area contributed by atoms with E-state index in [0.29, 0.717) is 0 Å². The molecule has 0 saturated heterocycles. The molecular weight excluding hydrogens is 150 g/mol. The van der Waals surface area contributed by atoms with Crippen molar-refractivity contribution in [2.75, 3.05) is 5.73 Å². The van der Waals surface area contributed by atoms with E-state index in [2.05, 4.69) is 24.9 Å². The average molecular weight is 153 g/mol. The van der Waals surface area contributed by atoms with Gasteiger partial charge in [0.05, 0.1) is 0 Å². The fraction of sp³-hybridized carbons (Fsp3) is 0. The first kappa shape index (κ1) is 5.83. The Kier molecular flexibility index (Phi) is 0.945. The molecule has 0 spiro atoms. The fourth-order valence-electron chi connectivity index (χ4n) is 0.642. The quantitative estimate of drug-likeness (QED) is 0.514. The number of nitrogen functional groups attached to an aromatic ring is 1. The second kappa shape index (κ2) is 1.78. The van der Waals surface area contributed by atoms with Crippen molar-refractivity contribution in [1.29, 1.82) is 0 Å². The molecule has 2 heterocycles. The molecule has 7 nitrogen and oxygen atoms in total. The van der Waals surface area contributed by atoms with E-state index in [1.807, 2.05) is 0 Å². The predicted molar refractivity (Wildman–Crippen MR) is 33.5 cm³/mol. The molecule has 0 aromatic carbocycles. The van der Waals surface area contributed by atoms with Crippen LogP contribution < -0.4 is 5.73 Å². The van der Waals surface area contributed by atoms with Crippen molar-refractivity contribution in [3.63, 3.8) is 0 Å². The maximum Gasteiger partial charge on any atom is 0.257 e. The van der Waals surface area contributed by atoms with Crippen LogP contribution in [0.1, 0.15) is 0 Å². The number of aromatic nitrogens is 4. The molecule has 2 aromatic heterocycles. The summed E-state index contributed by atoms with van der Waals surface area (Å²) in [6.07, 6.45) is 0. The molecule has 0 unspecified atom stereocenters. The number of hydrogen-bond acceptors (Lipinski definition) is 7. The molecule has 2 rings (SSSR count). The van der Waals surface area contributed by atoms with Gasteiger partial charge in [-0.3, -0.25) is 0 Å². The van der Waals surface area contributed by atoms with Gasteiger partial charge in [-0.05, 0) is 10.3 Å². The fourth-order valence-corrected chi connectivity index (χ4v) is 0.642. The van der Waals surface area contributed by atoms with Gasteiger partial charge in [-0.1, -0.05) is 0 Å². The summed E-state index contributed by atoms with van der Waals surface area (Å²) in [5.41, 5.74) is 5.53. The monoisotopic (exact) mass is 153 g/mol. The molecule has 0 radical (unpaired) electrons. The number of hydrogen-bond donors (Lipinski definition) is 2. The van der Waals surface area contributed by atoms with Crippen molar-refractivity contribution in [3.05, 3.63) is 0 Å². The topological polar surface area (TPSA) is 111 Å². The summed E-state index contributed by atoms with van der Waals surface area (Å²) in [6.45, 7) is 0. The zero-order valence-electron chi connectivity index (χ0n) is 5.22. The summed E-state index contributed by atoms with van der Waals surface area (Å²) in [7, 11) is 0. The summed E-state index contributed by atoms with van der Waals surface area (Å²) in [5.74, 6) is -0.457. The zero-order valence-corrected chi connectivity index (χ0v) is 5.22. The van der Waals surface area contributed by atoms with E-state index in [4.69, 9.17) is 10.8 Å². The van der Waals surface area contributed by atoms with Gasteiger partial charge in [0.1, 0.15) is 0 Å². The van der Waals surface area contributed by atoms with Crippen LogP contribution in [-0.4, -0.2) is 25.4 Å². The first-order valence-corrected chi connectivity index (χ1v) is 2.72. The maximum atomic E-state index is 8.93. The second-order valence-electron chi connectivity index (χ2n) is 1.84. The molecule has 7 heteroatoms. The van der Waals surface area contributed by atoms with Crippen LogP contribution in [-0.2, 0) is 0 Å². The van der Waals surface area contributed by atoms with Gasteiger partial charge in [-0.15, -0.1) is 0 Å². The molecule has 0 atom stereocenters.